The van der Waals surface area contributed by atoms with E-state index in [1.807, 2.05) is 24.3 Å². The van der Waals surface area contributed by atoms with Crippen LogP contribution in [0.3, 0.4) is 0 Å². The number of carbonyl (C=O) groups is 2. The van der Waals surface area contributed by atoms with Crippen molar-refractivity contribution < 1.29 is 14.3 Å². The molecular weight excluding hydrogens is 272 g/mol. The Kier molecular flexibility index (Phi) is 4.89. The number of hydrazone groups is 1. The number of morpholine rings is 1. The van der Waals surface area contributed by atoms with Gasteiger partial charge in [0.2, 0.25) is 0 Å². The number of carbonyl (C=O) groups excluding carboxylic acids is 2. The van der Waals surface area contributed by atoms with Gasteiger partial charge in [-0.25, -0.2) is 5.43 Å². The molecule has 1 aliphatic rings. The molecule has 0 spiro atoms. The van der Waals surface area contributed by atoms with Crippen LogP contribution in [0.15, 0.2) is 29.4 Å². The summed E-state index contributed by atoms with van der Waals surface area (Å²) in [7, 11) is 0. The summed E-state index contributed by atoms with van der Waals surface area (Å²) in [6.45, 7) is 4.97. The van der Waals surface area contributed by atoms with Crippen LogP contribution in [0.4, 0.5) is 5.69 Å². The predicted molar refractivity (Wildman–Crippen MR) is 79.0 cm³/mol. The Morgan fingerprint density at radius 2 is 1.86 bits per heavy atom. The monoisotopic (exact) mass is 290 g/mol. The first-order chi connectivity index (χ1) is 10.1. The van der Waals surface area contributed by atoms with E-state index in [0.29, 0.717) is 5.71 Å². The lowest BCUT2D eigenvalue weighted by atomic mass is 10.1. The van der Waals surface area contributed by atoms with Crippen molar-refractivity contribution in [3.8, 4) is 0 Å². The Bertz CT molecular complexity index is 548. The second-order valence-corrected chi connectivity index (χ2v) is 4.65. The second-order valence-electron chi connectivity index (χ2n) is 4.65. The molecule has 21 heavy (non-hydrogen) atoms. The fourth-order valence-corrected chi connectivity index (χ4v) is 1.99. The van der Waals surface area contributed by atoms with Crippen molar-refractivity contribution >= 4 is 23.2 Å². The van der Waals surface area contributed by atoms with Gasteiger partial charge in [-0.05, 0) is 24.6 Å². The molecule has 2 amide bonds. The van der Waals surface area contributed by atoms with E-state index in [0.717, 1.165) is 37.6 Å². The Morgan fingerprint density at radius 1 is 1.24 bits per heavy atom. The van der Waals surface area contributed by atoms with Gasteiger partial charge in [-0.15, -0.1) is 0 Å². The first kappa shape index (κ1) is 15.0. The van der Waals surface area contributed by atoms with E-state index >= 15 is 0 Å². The average Bonchev–Trinajstić information content (AvgIpc) is 2.53. The van der Waals surface area contributed by atoms with Gasteiger partial charge < -0.3 is 15.4 Å². The molecule has 1 fully saturated rings. The molecule has 1 aromatic carbocycles. The van der Waals surface area contributed by atoms with Crippen molar-refractivity contribution in [1.29, 1.82) is 0 Å². The zero-order valence-corrected chi connectivity index (χ0v) is 11.8. The van der Waals surface area contributed by atoms with Crippen molar-refractivity contribution in [2.75, 3.05) is 31.2 Å². The average molecular weight is 290 g/mol. The minimum atomic E-state index is -1.06. The molecule has 1 saturated heterocycles. The zero-order valence-electron chi connectivity index (χ0n) is 11.8. The van der Waals surface area contributed by atoms with Crippen LogP contribution in [0.1, 0.15) is 12.5 Å². The van der Waals surface area contributed by atoms with Crippen LogP contribution >= 0.6 is 0 Å². The predicted octanol–water partition coefficient (Wildman–Crippen LogP) is -0.151. The number of hydrogen-bond donors (Lipinski definition) is 2. The standard InChI is InChI=1S/C14H18N4O3/c1-10(16-17-14(20)13(15)19)11-2-4-12(5-3-11)18-6-8-21-9-7-18/h2-5H,6-9H2,1H3,(H2,15,19)(H,17,20)/b16-10+. The highest BCUT2D eigenvalue weighted by atomic mass is 16.5. The van der Waals surface area contributed by atoms with Crippen LogP contribution in [-0.2, 0) is 14.3 Å². The number of ether oxygens (including phenoxy) is 1. The minimum absolute atomic E-state index is 0.595. The fraction of sp³-hybridized carbons (Fsp3) is 0.357. The first-order valence-electron chi connectivity index (χ1n) is 6.65. The molecule has 0 saturated carbocycles. The molecule has 1 heterocycles. The Labute approximate surface area is 122 Å². The van der Waals surface area contributed by atoms with Crippen molar-refractivity contribution in [2.24, 2.45) is 10.8 Å². The van der Waals surface area contributed by atoms with Gasteiger partial charge in [0.05, 0.1) is 18.9 Å². The van der Waals surface area contributed by atoms with Crippen molar-refractivity contribution in [3.05, 3.63) is 29.8 Å². The summed E-state index contributed by atoms with van der Waals surface area (Å²) in [6.07, 6.45) is 0. The lowest BCUT2D eigenvalue weighted by molar-refractivity contribution is -0.137. The van der Waals surface area contributed by atoms with E-state index < -0.39 is 11.8 Å². The van der Waals surface area contributed by atoms with Crippen molar-refractivity contribution in [2.45, 2.75) is 6.92 Å². The van der Waals surface area contributed by atoms with Crippen LogP contribution in [0.2, 0.25) is 0 Å². The van der Waals surface area contributed by atoms with E-state index in [9.17, 15) is 9.59 Å². The summed E-state index contributed by atoms with van der Waals surface area (Å²) in [5, 5.41) is 3.84. The van der Waals surface area contributed by atoms with Crippen LogP contribution in [0.25, 0.3) is 0 Å². The largest absolute Gasteiger partial charge is 0.378 e. The van der Waals surface area contributed by atoms with Crippen LogP contribution < -0.4 is 16.1 Å². The molecule has 2 rings (SSSR count). The third kappa shape index (κ3) is 4.03. The zero-order chi connectivity index (χ0) is 15.2. The van der Waals surface area contributed by atoms with Gasteiger partial charge in [0.15, 0.2) is 0 Å². The quantitative estimate of drug-likeness (QED) is 0.459. The van der Waals surface area contributed by atoms with E-state index in [-0.39, 0.29) is 0 Å². The number of hydrogen-bond acceptors (Lipinski definition) is 5. The molecule has 0 radical (unpaired) electrons. The van der Waals surface area contributed by atoms with Crippen LogP contribution in [-0.4, -0.2) is 43.8 Å². The summed E-state index contributed by atoms with van der Waals surface area (Å²) < 4.78 is 5.32. The third-order valence-electron chi connectivity index (χ3n) is 3.21. The lowest BCUT2D eigenvalue weighted by Crippen LogP contribution is -2.36. The van der Waals surface area contributed by atoms with Gasteiger partial charge in [-0.2, -0.15) is 5.10 Å². The van der Waals surface area contributed by atoms with Crippen molar-refractivity contribution in [3.63, 3.8) is 0 Å². The molecular formula is C14H18N4O3. The normalized spacial score (nSPS) is 15.7. The van der Waals surface area contributed by atoms with Crippen LogP contribution in [0.5, 0.6) is 0 Å². The number of amides is 2. The summed E-state index contributed by atoms with van der Waals surface area (Å²) in [6, 6.07) is 7.82. The Hall–Kier alpha value is -2.41. The molecule has 0 atom stereocenters. The number of primary amides is 1. The molecule has 0 aromatic heterocycles. The third-order valence-corrected chi connectivity index (χ3v) is 3.21. The lowest BCUT2D eigenvalue weighted by Gasteiger charge is -2.28. The number of benzene rings is 1. The summed E-state index contributed by atoms with van der Waals surface area (Å²) in [5.41, 5.74) is 9.51. The molecule has 0 unspecified atom stereocenters. The van der Waals surface area contributed by atoms with E-state index in [4.69, 9.17) is 10.5 Å². The van der Waals surface area contributed by atoms with Gasteiger partial charge in [-0.1, -0.05) is 12.1 Å². The summed E-state index contributed by atoms with van der Waals surface area (Å²) in [5.74, 6) is -1.99. The number of nitrogens with two attached hydrogens (primary N) is 1. The van der Waals surface area contributed by atoms with Gasteiger partial charge >= 0.3 is 11.8 Å². The van der Waals surface area contributed by atoms with E-state index in [2.05, 4.69) is 15.4 Å². The minimum Gasteiger partial charge on any atom is -0.378 e. The number of nitrogens with one attached hydrogen (secondary N) is 1. The maximum absolute atomic E-state index is 11.0. The van der Waals surface area contributed by atoms with Crippen LogP contribution in [0, 0.1) is 0 Å². The number of anilines is 1. The maximum atomic E-state index is 11.0. The highest BCUT2D eigenvalue weighted by molar-refractivity contribution is 6.34. The second kappa shape index (κ2) is 6.85. The number of nitrogens with zero attached hydrogens (tertiary/aromatic N) is 2. The Balaban J connectivity index is 2.02. The molecule has 0 aliphatic carbocycles. The maximum Gasteiger partial charge on any atom is 0.329 e. The molecule has 7 nitrogen and oxygen atoms in total. The van der Waals surface area contributed by atoms with Crippen molar-refractivity contribution in [1.82, 2.24) is 5.43 Å². The SMILES string of the molecule is C/C(=N\NC(=O)C(N)=O)c1ccc(N2CCOCC2)cc1. The fourth-order valence-electron chi connectivity index (χ4n) is 1.99. The molecule has 1 aliphatic heterocycles. The smallest absolute Gasteiger partial charge is 0.329 e. The topological polar surface area (TPSA) is 97.0 Å². The highest BCUT2D eigenvalue weighted by Crippen LogP contribution is 2.16. The van der Waals surface area contributed by atoms with Gasteiger partial charge in [0, 0.05) is 18.8 Å². The Morgan fingerprint density at radius 3 is 2.43 bits per heavy atom. The molecule has 3 N–H and O–H groups in total. The van der Waals surface area contributed by atoms with E-state index in [1.165, 1.54) is 0 Å². The van der Waals surface area contributed by atoms with Gasteiger partial charge in [0.1, 0.15) is 0 Å². The summed E-state index contributed by atoms with van der Waals surface area (Å²) in [4.78, 5) is 23.9. The molecule has 0 bridgehead atoms. The van der Waals surface area contributed by atoms with E-state index in [1.54, 1.807) is 6.92 Å². The molecule has 112 valence electrons. The number of rotatable bonds is 3. The van der Waals surface area contributed by atoms with Gasteiger partial charge in [-0.3, -0.25) is 9.59 Å². The van der Waals surface area contributed by atoms with Gasteiger partial charge in [0.25, 0.3) is 0 Å². The first-order valence-corrected chi connectivity index (χ1v) is 6.65. The highest BCUT2D eigenvalue weighted by Gasteiger charge is 2.11. The molecule has 7 heteroatoms. The molecule has 1 aromatic rings. The summed E-state index contributed by atoms with van der Waals surface area (Å²) >= 11 is 0.